The highest BCUT2D eigenvalue weighted by molar-refractivity contribution is 5.85. The van der Waals surface area contributed by atoms with Crippen molar-refractivity contribution < 1.29 is 14.3 Å². The summed E-state index contributed by atoms with van der Waals surface area (Å²) in [6.45, 7) is 3.67. The molecule has 0 unspecified atom stereocenters. The first-order valence-corrected chi connectivity index (χ1v) is 7.31. The van der Waals surface area contributed by atoms with E-state index in [9.17, 15) is 9.59 Å². The summed E-state index contributed by atoms with van der Waals surface area (Å²) in [7, 11) is 0. The van der Waals surface area contributed by atoms with Gasteiger partial charge in [-0.15, -0.1) is 0 Å². The van der Waals surface area contributed by atoms with E-state index in [1.54, 1.807) is 18.7 Å². The molecular formula is C16H22N2O3. The summed E-state index contributed by atoms with van der Waals surface area (Å²) in [6.07, 6.45) is 1.52. The predicted molar refractivity (Wildman–Crippen MR) is 79.6 cm³/mol. The monoisotopic (exact) mass is 290 g/mol. The zero-order valence-electron chi connectivity index (χ0n) is 12.5. The third-order valence-corrected chi connectivity index (χ3v) is 3.75. The summed E-state index contributed by atoms with van der Waals surface area (Å²) in [5.41, 5.74) is 8.18. The molecule has 2 N–H and O–H groups in total. The summed E-state index contributed by atoms with van der Waals surface area (Å²) >= 11 is 0. The smallest absolute Gasteiger partial charge is 0.325 e. The van der Waals surface area contributed by atoms with Crippen LogP contribution in [0, 0.1) is 0 Å². The topological polar surface area (TPSA) is 72.6 Å². The van der Waals surface area contributed by atoms with Crippen molar-refractivity contribution in [3.05, 3.63) is 35.4 Å². The average molecular weight is 290 g/mol. The Morgan fingerprint density at radius 3 is 2.38 bits per heavy atom. The van der Waals surface area contributed by atoms with Crippen molar-refractivity contribution in [2.75, 3.05) is 13.2 Å². The largest absolute Gasteiger partial charge is 0.465 e. The number of benzene rings is 1. The van der Waals surface area contributed by atoms with Crippen molar-refractivity contribution in [1.82, 2.24) is 4.90 Å². The van der Waals surface area contributed by atoms with E-state index in [4.69, 9.17) is 10.5 Å². The Balaban J connectivity index is 2.13. The van der Waals surface area contributed by atoms with Gasteiger partial charge in [0.15, 0.2) is 0 Å². The van der Waals surface area contributed by atoms with Gasteiger partial charge < -0.3 is 15.4 Å². The minimum atomic E-state index is -0.622. The molecule has 1 aromatic rings. The fraction of sp³-hybridized carbons (Fsp3) is 0.500. The quantitative estimate of drug-likeness (QED) is 0.818. The number of hydrogen-bond acceptors (Lipinski definition) is 4. The molecular weight excluding hydrogens is 268 g/mol. The van der Waals surface area contributed by atoms with Gasteiger partial charge in [-0.2, -0.15) is 0 Å². The number of rotatable bonds is 5. The van der Waals surface area contributed by atoms with E-state index in [0.717, 1.165) is 12.8 Å². The zero-order chi connectivity index (χ0) is 15.4. The molecule has 0 bridgehead atoms. The number of esters is 1. The number of nitrogens with two attached hydrogens (primary N) is 1. The molecule has 1 aliphatic rings. The van der Waals surface area contributed by atoms with Crippen LogP contribution in [0.2, 0.25) is 0 Å². The van der Waals surface area contributed by atoms with Crippen molar-refractivity contribution in [2.45, 2.75) is 38.8 Å². The first-order chi connectivity index (χ1) is 10.0. The number of ether oxygens (including phenoxy) is 1. The van der Waals surface area contributed by atoms with Gasteiger partial charge in [-0.05, 0) is 37.8 Å². The molecule has 5 heteroatoms. The van der Waals surface area contributed by atoms with Crippen LogP contribution in [0.1, 0.15) is 25.0 Å². The maximum Gasteiger partial charge on any atom is 0.325 e. The van der Waals surface area contributed by atoms with Gasteiger partial charge >= 0.3 is 5.97 Å². The lowest BCUT2D eigenvalue weighted by Gasteiger charge is -2.29. The standard InChI is InChI=1S/C16H22N2O3/c1-3-21-15(19)10-18(16(20)11(2)17)14-8-12-6-4-5-7-13(12)9-14/h4-7,11,14H,3,8-10,17H2,1-2H3/t11-/m0/s1. The fourth-order valence-electron chi connectivity index (χ4n) is 2.75. The Bertz CT molecular complexity index is 503. The van der Waals surface area contributed by atoms with E-state index in [0.29, 0.717) is 6.61 Å². The second kappa shape index (κ2) is 6.72. The highest BCUT2D eigenvalue weighted by Gasteiger charge is 2.32. The number of hydrogen-bond donors (Lipinski definition) is 1. The van der Waals surface area contributed by atoms with E-state index >= 15 is 0 Å². The van der Waals surface area contributed by atoms with E-state index in [1.165, 1.54) is 11.1 Å². The van der Waals surface area contributed by atoms with E-state index < -0.39 is 6.04 Å². The van der Waals surface area contributed by atoms with Crippen LogP contribution in [0.25, 0.3) is 0 Å². The van der Waals surface area contributed by atoms with Crippen LogP contribution in [0.15, 0.2) is 24.3 Å². The highest BCUT2D eigenvalue weighted by atomic mass is 16.5. The first-order valence-electron chi connectivity index (χ1n) is 7.31. The molecule has 5 nitrogen and oxygen atoms in total. The number of carbonyl (C=O) groups is 2. The van der Waals surface area contributed by atoms with Gasteiger partial charge in [0, 0.05) is 6.04 Å². The van der Waals surface area contributed by atoms with Crippen molar-refractivity contribution in [2.24, 2.45) is 5.73 Å². The summed E-state index contributed by atoms with van der Waals surface area (Å²) < 4.78 is 4.97. The highest BCUT2D eigenvalue weighted by Crippen LogP contribution is 2.25. The average Bonchev–Trinajstić information content (AvgIpc) is 2.87. The molecule has 21 heavy (non-hydrogen) atoms. The third-order valence-electron chi connectivity index (χ3n) is 3.75. The number of carbonyl (C=O) groups excluding carboxylic acids is 2. The SMILES string of the molecule is CCOC(=O)CN(C(=O)[C@H](C)N)C1Cc2ccccc2C1. The molecule has 2 rings (SSSR count). The maximum atomic E-state index is 12.3. The fourth-order valence-corrected chi connectivity index (χ4v) is 2.75. The first kappa shape index (κ1) is 15.5. The van der Waals surface area contributed by atoms with Gasteiger partial charge in [0.25, 0.3) is 0 Å². The lowest BCUT2D eigenvalue weighted by molar-refractivity contribution is -0.150. The van der Waals surface area contributed by atoms with Crippen molar-refractivity contribution in [3.8, 4) is 0 Å². The van der Waals surface area contributed by atoms with Crippen LogP contribution in [0.3, 0.4) is 0 Å². The molecule has 0 saturated carbocycles. The lowest BCUT2D eigenvalue weighted by Crippen LogP contribution is -2.50. The number of fused-ring (bicyclic) bond motifs is 1. The Kier molecular flexibility index (Phi) is 4.96. The Morgan fingerprint density at radius 2 is 1.90 bits per heavy atom. The summed E-state index contributed by atoms with van der Waals surface area (Å²) in [6, 6.07) is 7.46. The molecule has 0 radical (unpaired) electrons. The molecule has 0 heterocycles. The molecule has 1 aromatic carbocycles. The predicted octanol–water partition coefficient (Wildman–Crippen LogP) is 0.893. The molecule has 0 saturated heterocycles. The minimum Gasteiger partial charge on any atom is -0.465 e. The third kappa shape index (κ3) is 3.61. The van der Waals surface area contributed by atoms with E-state index in [-0.39, 0.29) is 24.5 Å². The van der Waals surface area contributed by atoms with Gasteiger partial charge in [-0.1, -0.05) is 24.3 Å². The normalized spacial score (nSPS) is 15.4. The van der Waals surface area contributed by atoms with Crippen LogP contribution in [0.4, 0.5) is 0 Å². The van der Waals surface area contributed by atoms with Crippen LogP contribution in [0.5, 0.6) is 0 Å². The van der Waals surface area contributed by atoms with Gasteiger partial charge in [-0.25, -0.2) is 0 Å². The molecule has 0 aromatic heterocycles. The molecule has 114 valence electrons. The van der Waals surface area contributed by atoms with Crippen LogP contribution < -0.4 is 5.73 Å². The summed E-state index contributed by atoms with van der Waals surface area (Å²) in [5.74, 6) is -0.594. The molecule has 0 spiro atoms. The zero-order valence-corrected chi connectivity index (χ0v) is 12.5. The Morgan fingerprint density at radius 1 is 1.33 bits per heavy atom. The number of amides is 1. The summed E-state index contributed by atoms with van der Waals surface area (Å²) in [5, 5.41) is 0. The van der Waals surface area contributed by atoms with Crippen molar-refractivity contribution in [3.63, 3.8) is 0 Å². The van der Waals surface area contributed by atoms with Crippen LogP contribution >= 0.6 is 0 Å². The van der Waals surface area contributed by atoms with Gasteiger partial charge in [0.05, 0.1) is 12.6 Å². The lowest BCUT2D eigenvalue weighted by atomic mass is 10.1. The summed E-state index contributed by atoms with van der Waals surface area (Å²) in [4.78, 5) is 25.6. The van der Waals surface area contributed by atoms with Gasteiger partial charge in [0.2, 0.25) is 5.91 Å². The van der Waals surface area contributed by atoms with Crippen LogP contribution in [-0.4, -0.2) is 42.0 Å². The Labute approximate surface area is 125 Å². The molecule has 0 aliphatic heterocycles. The van der Waals surface area contributed by atoms with E-state index in [1.807, 2.05) is 12.1 Å². The second-order valence-corrected chi connectivity index (χ2v) is 5.39. The molecule has 1 atom stereocenters. The van der Waals surface area contributed by atoms with Crippen LogP contribution in [-0.2, 0) is 27.2 Å². The molecule has 0 fully saturated rings. The minimum absolute atomic E-state index is 0.0229. The molecule has 1 amide bonds. The molecule has 1 aliphatic carbocycles. The van der Waals surface area contributed by atoms with Crippen molar-refractivity contribution >= 4 is 11.9 Å². The number of nitrogens with zero attached hydrogens (tertiary/aromatic N) is 1. The second-order valence-electron chi connectivity index (χ2n) is 5.39. The van der Waals surface area contributed by atoms with Crippen molar-refractivity contribution in [1.29, 1.82) is 0 Å². The van der Waals surface area contributed by atoms with E-state index in [2.05, 4.69) is 12.1 Å². The van der Waals surface area contributed by atoms with Gasteiger partial charge in [0.1, 0.15) is 6.54 Å². The van der Waals surface area contributed by atoms with Gasteiger partial charge in [-0.3, -0.25) is 9.59 Å². The maximum absolute atomic E-state index is 12.3. The Hall–Kier alpha value is -1.88.